The zero-order valence-corrected chi connectivity index (χ0v) is 19.5. The largest absolute Gasteiger partial charge is 0.465 e. The van der Waals surface area contributed by atoms with Gasteiger partial charge in [0.15, 0.2) is 0 Å². The maximum absolute atomic E-state index is 13.1. The van der Waals surface area contributed by atoms with Gasteiger partial charge in [-0.1, -0.05) is 41.9 Å². The summed E-state index contributed by atoms with van der Waals surface area (Å²) in [6.45, 7) is 5.28. The summed E-state index contributed by atoms with van der Waals surface area (Å²) in [4.78, 5) is 25.4. The van der Waals surface area contributed by atoms with Crippen molar-refractivity contribution in [3.05, 3.63) is 51.3 Å². The van der Waals surface area contributed by atoms with Crippen LogP contribution in [0.3, 0.4) is 0 Å². The third kappa shape index (κ3) is 5.50. The van der Waals surface area contributed by atoms with Gasteiger partial charge >= 0.3 is 5.97 Å². The van der Waals surface area contributed by atoms with Gasteiger partial charge in [0.2, 0.25) is 5.91 Å². The molecule has 2 heterocycles. The number of carbonyl (C=O) groups excluding carboxylic acids is 2. The Morgan fingerprint density at radius 2 is 2.10 bits per heavy atom. The monoisotopic (exact) mass is 475 g/mol. The number of fused-ring (bicyclic) bond motifs is 1. The van der Waals surface area contributed by atoms with E-state index in [1.54, 1.807) is 0 Å². The second-order valence-electron chi connectivity index (χ2n) is 8.32. The van der Waals surface area contributed by atoms with Crippen molar-refractivity contribution in [1.29, 1.82) is 0 Å². The zero-order chi connectivity index (χ0) is 21.7. The minimum Gasteiger partial charge on any atom is -0.465 e. The number of amides is 1. The molecule has 2 aromatic rings. The maximum atomic E-state index is 13.1. The number of hydrogen-bond acceptors (Lipinski definition) is 4. The number of aryl methyl sites for hydroxylation is 1. The van der Waals surface area contributed by atoms with Crippen LogP contribution in [0.25, 0.3) is 0 Å². The van der Waals surface area contributed by atoms with Crippen LogP contribution >= 0.6 is 15.9 Å². The predicted octanol–water partition coefficient (Wildman–Crippen LogP) is 4.29. The van der Waals surface area contributed by atoms with Crippen molar-refractivity contribution in [1.82, 2.24) is 15.1 Å². The first-order chi connectivity index (χ1) is 14.4. The van der Waals surface area contributed by atoms with Gasteiger partial charge < -0.3 is 10.1 Å². The number of carbonyl (C=O) groups is 2. The van der Waals surface area contributed by atoms with Gasteiger partial charge in [0.05, 0.1) is 25.0 Å². The number of hydrogen-bond donors (Lipinski definition) is 1. The number of benzene rings is 1. The van der Waals surface area contributed by atoms with Crippen LogP contribution in [0.5, 0.6) is 0 Å². The van der Waals surface area contributed by atoms with Crippen LogP contribution in [-0.4, -0.2) is 28.8 Å². The lowest BCUT2D eigenvalue weighted by atomic mass is 9.90. The maximum Gasteiger partial charge on any atom is 0.341 e. The summed E-state index contributed by atoms with van der Waals surface area (Å²) in [5, 5.41) is 7.64. The van der Waals surface area contributed by atoms with Crippen LogP contribution in [0.2, 0.25) is 0 Å². The number of methoxy groups -OCH3 is 1. The number of rotatable bonds is 8. The lowest BCUT2D eigenvalue weighted by Gasteiger charge is -2.19. The average molecular weight is 476 g/mol. The molecule has 162 valence electrons. The van der Waals surface area contributed by atoms with Gasteiger partial charge in [-0.15, -0.1) is 0 Å². The molecule has 1 unspecified atom stereocenters. The molecule has 0 saturated heterocycles. The molecule has 0 spiro atoms. The average Bonchev–Trinajstić information content (AvgIpc) is 3.09. The smallest absolute Gasteiger partial charge is 0.341 e. The zero-order valence-electron chi connectivity index (χ0n) is 17.9. The number of nitrogens with one attached hydrogen (secondary N) is 1. The summed E-state index contributed by atoms with van der Waals surface area (Å²) >= 11 is 3.50. The SMILES string of the molecule is COC(=O)c1c(CNC(=O)C(Cc2cccc(Br)c2)CC(C)C)nn2c1CCCC2. The lowest BCUT2D eigenvalue weighted by molar-refractivity contribution is -0.125. The number of halogens is 1. The summed E-state index contributed by atoms with van der Waals surface area (Å²) < 4.78 is 7.89. The van der Waals surface area contributed by atoms with Gasteiger partial charge in [-0.3, -0.25) is 9.48 Å². The number of ether oxygens (including phenoxy) is 1. The first-order valence-electron chi connectivity index (χ1n) is 10.6. The van der Waals surface area contributed by atoms with E-state index in [2.05, 4.69) is 46.3 Å². The third-order valence-corrected chi connectivity index (χ3v) is 5.97. The van der Waals surface area contributed by atoms with Crippen LogP contribution in [0.1, 0.15) is 60.4 Å². The molecule has 30 heavy (non-hydrogen) atoms. The quantitative estimate of drug-likeness (QED) is 0.577. The topological polar surface area (TPSA) is 73.2 Å². The fourth-order valence-electron chi connectivity index (χ4n) is 4.12. The Morgan fingerprint density at radius 1 is 1.30 bits per heavy atom. The molecular weight excluding hydrogens is 446 g/mol. The van der Waals surface area contributed by atoms with Crippen LogP contribution in [0.4, 0.5) is 0 Å². The van der Waals surface area contributed by atoms with E-state index in [4.69, 9.17) is 4.74 Å². The second-order valence-corrected chi connectivity index (χ2v) is 9.23. The number of nitrogens with zero attached hydrogens (tertiary/aromatic N) is 2. The van der Waals surface area contributed by atoms with Gasteiger partial charge in [0.1, 0.15) is 5.56 Å². The molecule has 1 atom stereocenters. The van der Waals surface area contributed by atoms with E-state index in [9.17, 15) is 9.59 Å². The predicted molar refractivity (Wildman–Crippen MR) is 119 cm³/mol. The normalized spacial score (nSPS) is 14.3. The molecule has 0 aliphatic carbocycles. The van der Waals surface area contributed by atoms with Crippen molar-refractivity contribution in [3.63, 3.8) is 0 Å². The molecule has 0 fully saturated rings. The van der Waals surface area contributed by atoms with E-state index in [0.29, 0.717) is 23.6 Å². The Hall–Kier alpha value is -2.15. The molecule has 3 rings (SSSR count). The molecule has 1 aliphatic heterocycles. The molecule has 0 saturated carbocycles. The van der Waals surface area contributed by atoms with Crippen LogP contribution < -0.4 is 5.32 Å². The first-order valence-corrected chi connectivity index (χ1v) is 11.4. The molecule has 1 aliphatic rings. The third-order valence-electron chi connectivity index (χ3n) is 5.48. The summed E-state index contributed by atoms with van der Waals surface area (Å²) in [5.74, 6) is -0.128. The standard InChI is InChI=1S/C23H30BrN3O3/c1-15(2)11-17(12-16-7-6-8-18(24)13-16)22(28)25-14-19-21(23(29)30-3)20-9-4-5-10-27(20)26-19/h6-8,13,15,17H,4-5,9-12,14H2,1-3H3,(H,25,28). The first kappa shape index (κ1) is 22.5. The van der Waals surface area contributed by atoms with Gasteiger partial charge in [-0.05, 0) is 55.7 Å². The van der Waals surface area contributed by atoms with Gasteiger partial charge in [-0.2, -0.15) is 5.10 Å². The van der Waals surface area contributed by atoms with Crippen molar-refractivity contribution >= 4 is 27.8 Å². The Morgan fingerprint density at radius 3 is 2.80 bits per heavy atom. The second kappa shape index (κ2) is 10.2. The Bertz CT molecular complexity index is 907. The lowest BCUT2D eigenvalue weighted by Crippen LogP contribution is -2.33. The highest BCUT2D eigenvalue weighted by atomic mass is 79.9. The molecule has 1 aromatic heterocycles. The van der Waals surface area contributed by atoms with Crippen LogP contribution in [0.15, 0.2) is 28.7 Å². The Kier molecular flexibility index (Phi) is 7.69. The van der Waals surface area contributed by atoms with Crippen LogP contribution in [0, 0.1) is 11.8 Å². The molecule has 7 heteroatoms. The molecule has 0 bridgehead atoms. The van der Waals surface area contributed by atoms with Crippen molar-refractivity contribution < 1.29 is 14.3 Å². The fraction of sp³-hybridized carbons (Fsp3) is 0.522. The Labute approximate surface area is 186 Å². The number of esters is 1. The summed E-state index contributed by atoms with van der Waals surface area (Å²) in [7, 11) is 1.38. The highest BCUT2D eigenvalue weighted by Gasteiger charge is 2.27. The molecule has 6 nitrogen and oxygen atoms in total. The summed E-state index contributed by atoms with van der Waals surface area (Å²) in [6.07, 6.45) is 4.36. The van der Waals surface area contributed by atoms with E-state index < -0.39 is 0 Å². The highest BCUT2D eigenvalue weighted by Crippen LogP contribution is 2.24. The van der Waals surface area contributed by atoms with Crippen molar-refractivity contribution in [3.8, 4) is 0 Å². The minimum absolute atomic E-state index is 0.00883. The van der Waals surface area contributed by atoms with Crippen molar-refractivity contribution in [2.75, 3.05) is 7.11 Å². The summed E-state index contributed by atoms with van der Waals surface area (Å²) in [6, 6.07) is 8.07. The number of aromatic nitrogens is 2. The molecule has 1 aromatic carbocycles. The van der Waals surface area contributed by atoms with E-state index >= 15 is 0 Å². The molecule has 1 N–H and O–H groups in total. The van der Waals surface area contributed by atoms with Gasteiger partial charge in [0.25, 0.3) is 0 Å². The van der Waals surface area contributed by atoms with E-state index in [0.717, 1.165) is 48.0 Å². The van der Waals surface area contributed by atoms with Crippen molar-refractivity contribution in [2.24, 2.45) is 11.8 Å². The summed E-state index contributed by atoms with van der Waals surface area (Å²) in [5.41, 5.74) is 3.16. The minimum atomic E-state index is -0.379. The molecule has 0 radical (unpaired) electrons. The van der Waals surface area contributed by atoms with Gasteiger partial charge in [-0.25, -0.2) is 4.79 Å². The van der Waals surface area contributed by atoms with E-state index in [1.807, 2.05) is 22.9 Å². The van der Waals surface area contributed by atoms with Crippen LogP contribution in [-0.2, 0) is 35.5 Å². The molecular formula is C23H30BrN3O3. The van der Waals surface area contributed by atoms with Crippen molar-refractivity contribution in [2.45, 2.75) is 59.0 Å². The molecule has 1 amide bonds. The fourth-order valence-corrected chi connectivity index (χ4v) is 4.57. The van der Waals surface area contributed by atoms with E-state index in [-0.39, 0.29) is 24.3 Å². The Balaban J connectivity index is 1.75. The van der Waals surface area contributed by atoms with Gasteiger partial charge in [0, 0.05) is 16.9 Å². The van der Waals surface area contributed by atoms with E-state index in [1.165, 1.54) is 7.11 Å². The highest BCUT2D eigenvalue weighted by molar-refractivity contribution is 9.10.